The number of aryl methyl sites for hydroxylation is 1. The van der Waals surface area contributed by atoms with Gasteiger partial charge >= 0.3 is 0 Å². The van der Waals surface area contributed by atoms with Crippen molar-refractivity contribution >= 4 is 5.65 Å². The molecule has 0 radical (unpaired) electrons. The number of rotatable bonds is 7. The van der Waals surface area contributed by atoms with Crippen molar-refractivity contribution in [2.24, 2.45) is 5.92 Å². The van der Waals surface area contributed by atoms with Gasteiger partial charge in [-0.1, -0.05) is 12.1 Å². The minimum absolute atomic E-state index is 0.417. The highest BCUT2D eigenvalue weighted by Crippen LogP contribution is 2.29. The molecule has 34 heavy (non-hydrogen) atoms. The fraction of sp³-hybridized carbons (Fsp3) is 0.519. The zero-order chi connectivity index (χ0) is 23.3. The summed E-state index contributed by atoms with van der Waals surface area (Å²) >= 11 is 0. The van der Waals surface area contributed by atoms with Crippen LogP contribution >= 0.6 is 0 Å². The van der Waals surface area contributed by atoms with E-state index in [1.54, 1.807) is 0 Å². The van der Waals surface area contributed by atoms with Crippen molar-refractivity contribution in [1.82, 2.24) is 24.8 Å². The summed E-state index contributed by atoms with van der Waals surface area (Å²) in [5.74, 6) is 1.11. The number of nitriles is 1. The molecule has 0 aliphatic carbocycles. The van der Waals surface area contributed by atoms with Crippen molar-refractivity contribution in [3.05, 3.63) is 64.6 Å². The lowest BCUT2D eigenvalue weighted by Gasteiger charge is -2.33. The molecular formula is C27H34N6O. The number of benzene rings is 1. The highest BCUT2D eigenvalue weighted by molar-refractivity contribution is 5.50. The molecule has 178 valence electrons. The molecule has 2 fully saturated rings. The molecule has 1 atom stereocenters. The normalized spacial score (nSPS) is 19.9. The second-order valence-electron chi connectivity index (χ2n) is 9.74. The number of nitrogens with zero attached hydrogens (tertiary/aromatic N) is 5. The summed E-state index contributed by atoms with van der Waals surface area (Å²) in [5, 5.41) is 17.8. The molecule has 1 N–H and O–H groups in total. The molecule has 0 amide bonds. The van der Waals surface area contributed by atoms with Crippen LogP contribution in [0.4, 0.5) is 0 Å². The topological polar surface area (TPSA) is 78.5 Å². The van der Waals surface area contributed by atoms with Gasteiger partial charge in [0.05, 0.1) is 23.0 Å². The lowest BCUT2D eigenvalue weighted by molar-refractivity contribution is 0.0662. The van der Waals surface area contributed by atoms with Crippen LogP contribution in [0.25, 0.3) is 5.65 Å². The largest absolute Gasteiger partial charge is 0.381 e. The van der Waals surface area contributed by atoms with Gasteiger partial charge in [0.25, 0.3) is 0 Å². The number of hydrogen-bond donors (Lipinski definition) is 1. The highest BCUT2D eigenvalue weighted by atomic mass is 16.5. The van der Waals surface area contributed by atoms with Gasteiger partial charge in [0.2, 0.25) is 0 Å². The quantitative estimate of drug-likeness (QED) is 0.580. The smallest absolute Gasteiger partial charge is 0.159 e. The van der Waals surface area contributed by atoms with Crippen LogP contribution in [0.1, 0.15) is 59.7 Å². The molecule has 2 saturated heterocycles. The van der Waals surface area contributed by atoms with Crippen LogP contribution in [0.15, 0.2) is 36.5 Å². The standard InChI is InChI=1S/C27H34N6O/c1-20-25(17-29-16-21-8-12-34-13-9-21)27-30-10-7-26(33(27)31-20)24-6-3-11-32(19-24)18-23-5-2-4-22(14-23)15-28/h2,4-5,7,10,14,21,24,29H,3,6,8-9,11-13,16-19H2,1H3/t24-/m1/s1. The van der Waals surface area contributed by atoms with E-state index >= 15 is 0 Å². The monoisotopic (exact) mass is 458 g/mol. The average molecular weight is 459 g/mol. The van der Waals surface area contributed by atoms with Crippen LogP contribution < -0.4 is 5.32 Å². The Labute approximate surface area is 201 Å². The Morgan fingerprint density at radius 1 is 1.21 bits per heavy atom. The zero-order valence-corrected chi connectivity index (χ0v) is 20.0. The second kappa shape index (κ2) is 10.6. The number of ether oxygens (including phenoxy) is 1. The molecule has 5 rings (SSSR count). The van der Waals surface area contributed by atoms with Crippen molar-refractivity contribution < 1.29 is 4.74 Å². The number of hydrogen-bond acceptors (Lipinski definition) is 6. The van der Waals surface area contributed by atoms with E-state index < -0.39 is 0 Å². The third-order valence-electron chi connectivity index (χ3n) is 7.31. The molecule has 0 saturated carbocycles. The van der Waals surface area contributed by atoms with Gasteiger partial charge in [0.1, 0.15) is 0 Å². The van der Waals surface area contributed by atoms with E-state index in [0.29, 0.717) is 11.8 Å². The molecule has 1 aromatic carbocycles. The zero-order valence-electron chi connectivity index (χ0n) is 20.0. The minimum Gasteiger partial charge on any atom is -0.381 e. The summed E-state index contributed by atoms with van der Waals surface area (Å²) in [4.78, 5) is 7.23. The average Bonchev–Trinajstić information content (AvgIpc) is 3.20. The second-order valence-corrected chi connectivity index (χ2v) is 9.74. The van der Waals surface area contributed by atoms with Gasteiger partial charge in [-0.15, -0.1) is 0 Å². The Morgan fingerprint density at radius 3 is 2.94 bits per heavy atom. The van der Waals surface area contributed by atoms with Crippen molar-refractivity contribution in [2.45, 2.75) is 51.6 Å². The number of fused-ring (bicyclic) bond motifs is 1. The maximum absolute atomic E-state index is 9.22. The van der Waals surface area contributed by atoms with Crippen LogP contribution in [0, 0.1) is 24.2 Å². The summed E-state index contributed by atoms with van der Waals surface area (Å²) in [5.41, 5.74) is 6.42. The summed E-state index contributed by atoms with van der Waals surface area (Å²) in [6, 6.07) is 12.4. The van der Waals surface area contributed by atoms with Gasteiger partial charge in [0, 0.05) is 50.5 Å². The Balaban J connectivity index is 1.29. The van der Waals surface area contributed by atoms with Gasteiger partial charge in [-0.25, -0.2) is 9.50 Å². The predicted octanol–water partition coefficient (Wildman–Crippen LogP) is 3.81. The Hall–Kier alpha value is -2.79. The van der Waals surface area contributed by atoms with Crippen molar-refractivity contribution in [3.8, 4) is 6.07 Å². The maximum Gasteiger partial charge on any atom is 0.159 e. The molecular weight excluding hydrogens is 424 g/mol. The number of nitrogens with one attached hydrogen (secondary N) is 1. The number of likely N-dealkylation sites (tertiary alicyclic amines) is 1. The molecule has 2 aliphatic rings. The molecule has 2 aliphatic heterocycles. The summed E-state index contributed by atoms with van der Waals surface area (Å²) < 4.78 is 7.57. The first-order valence-electron chi connectivity index (χ1n) is 12.5. The van der Waals surface area contributed by atoms with Crippen LogP contribution in [0.2, 0.25) is 0 Å². The lowest BCUT2D eigenvalue weighted by atomic mass is 9.94. The van der Waals surface area contributed by atoms with E-state index in [1.807, 2.05) is 24.4 Å². The molecule has 0 bridgehead atoms. The fourth-order valence-electron chi connectivity index (χ4n) is 5.42. The van der Waals surface area contributed by atoms with E-state index in [2.05, 4.69) is 39.9 Å². The van der Waals surface area contributed by atoms with Crippen LogP contribution in [0.5, 0.6) is 0 Å². The van der Waals surface area contributed by atoms with E-state index in [9.17, 15) is 5.26 Å². The van der Waals surface area contributed by atoms with Gasteiger partial charge in [-0.05, 0) is 75.4 Å². The molecule has 7 heteroatoms. The Bertz CT molecular complexity index is 1160. The molecule has 7 nitrogen and oxygen atoms in total. The van der Waals surface area contributed by atoms with Crippen LogP contribution in [-0.4, -0.2) is 52.3 Å². The SMILES string of the molecule is Cc1nn2c([C@@H]3CCCN(Cc4cccc(C#N)c4)C3)ccnc2c1CNCC1CCOCC1. The molecule has 2 aromatic heterocycles. The number of piperidine rings is 1. The first-order chi connectivity index (χ1) is 16.7. The summed E-state index contributed by atoms with van der Waals surface area (Å²) in [6.07, 6.45) is 6.55. The predicted molar refractivity (Wildman–Crippen MR) is 131 cm³/mol. The molecule has 3 aromatic rings. The van der Waals surface area contributed by atoms with Crippen molar-refractivity contribution in [3.63, 3.8) is 0 Å². The number of aromatic nitrogens is 3. The maximum atomic E-state index is 9.22. The van der Waals surface area contributed by atoms with Crippen LogP contribution in [-0.2, 0) is 17.8 Å². The van der Waals surface area contributed by atoms with Crippen molar-refractivity contribution in [2.75, 3.05) is 32.8 Å². The van der Waals surface area contributed by atoms with Gasteiger partial charge in [-0.2, -0.15) is 10.4 Å². The third kappa shape index (κ3) is 5.15. The Kier molecular flexibility index (Phi) is 7.19. The van der Waals surface area contributed by atoms with E-state index in [-0.39, 0.29) is 0 Å². The third-order valence-corrected chi connectivity index (χ3v) is 7.31. The first kappa shape index (κ1) is 23.0. The van der Waals surface area contributed by atoms with Gasteiger partial charge < -0.3 is 10.1 Å². The first-order valence-corrected chi connectivity index (χ1v) is 12.5. The summed E-state index contributed by atoms with van der Waals surface area (Å²) in [6.45, 7) is 8.64. The molecule has 0 spiro atoms. The van der Waals surface area contributed by atoms with E-state index in [1.165, 1.54) is 16.8 Å². The Morgan fingerprint density at radius 2 is 2.09 bits per heavy atom. The van der Waals surface area contributed by atoms with Gasteiger partial charge in [0.15, 0.2) is 5.65 Å². The highest BCUT2D eigenvalue weighted by Gasteiger charge is 2.25. The molecule has 4 heterocycles. The minimum atomic E-state index is 0.417. The lowest BCUT2D eigenvalue weighted by Crippen LogP contribution is -2.34. The van der Waals surface area contributed by atoms with Crippen molar-refractivity contribution in [1.29, 1.82) is 5.26 Å². The fourth-order valence-corrected chi connectivity index (χ4v) is 5.42. The van der Waals surface area contributed by atoms with E-state index in [4.69, 9.17) is 14.8 Å². The molecule has 0 unspecified atom stereocenters. The van der Waals surface area contributed by atoms with Crippen LogP contribution in [0.3, 0.4) is 0 Å². The van der Waals surface area contributed by atoms with E-state index in [0.717, 1.165) is 88.5 Å². The summed E-state index contributed by atoms with van der Waals surface area (Å²) in [7, 11) is 0. The van der Waals surface area contributed by atoms with Gasteiger partial charge in [-0.3, -0.25) is 4.90 Å².